The predicted molar refractivity (Wildman–Crippen MR) is 130 cm³/mol. The second-order valence-corrected chi connectivity index (χ2v) is 8.81. The monoisotopic (exact) mass is 551 g/mol. The molecule has 200 valence electrons. The number of aromatic nitrogens is 2. The number of aromatic amines is 1. The van der Waals surface area contributed by atoms with Crippen LogP contribution in [0.15, 0.2) is 59.5 Å². The van der Waals surface area contributed by atoms with Crippen LogP contribution < -0.4 is 26.2 Å². The Hall–Kier alpha value is -4.10. The van der Waals surface area contributed by atoms with Crippen LogP contribution in [0.3, 0.4) is 0 Å². The zero-order valence-corrected chi connectivity index (χ0v) is 20.3. The number of ether oxygens (including phenoxy) is 2. The Kier molecular flexibility index (Phi) is 7.88. The van der Waals surface area contributed by atoms with Crippen molar-refractivity contribution >= 4 is 35.0 Å². The van der Waals surface area contributed by atoms with E-state index in [4.69, 9.17) is 21.1 Å². The number of rotatable bonds is 7. The van der Waals surface area contributed by atoms with Crippen molar-refractivity contribution < 1.29 is 32.2 Å². The predicted octanol–water partition coefficient (Wildman–Crippen LogP) is 3.75. The van der Waals surface area contributed by atoms with Gasteiger partial charge < -0.3 is 25.4 Å². The fourth-order valence-corrected chi connectivity index (χ4v) is 3.89. The van der Waals surface area contributed by atoms with Gasteiger partial charge in [-0.2, -0.15) is 18.3 Å². The number of carbonyl (C=O) groups is 2. The maximum absolute atomic E-state index is 13.3. The Morgan fingerprint density at radius 3 is 2.58 bits per heavy atom. The Morgan fingerprint density at radius 1 is 1.16 bits per heavy atom. The number of benzene rings is 2. The molecule has 1 atom stereocenters. The summed E-state index contributed by atoms with van der Waals surface area (Å²) in [7, 11) is 0. The van der Waals surface area contributed by atoms with Gasteiger partial charge in [0.1, 0.15) is 5.54 Å². The molecule has 38 heavy (non-hydrogen) atoms. The summed E-state index contributed by atoms with van der Waals surface area (Å²) in [5.74, 6) is -0.621. The second-order valence-electron chi connectivity index (χ2n) is 8.37. The maximum Gasteiger partial charge on any atom is 0.418 e. The van der Waals surface area contributed by atoms with Crippen molar-refractivity contribution in [1.29, 1.82) is 0 Å². The van der Waals surface area contributed by atoms with Gasteiger partial charge in [-0.1, -0.05) is 23.7 Å². The third-order valence-electron chi connectivity index (χ3n) is 5.62. The summed E-state index contributed by atoms with van der Waals surface area (Å²) >= 11 is 5.72. The molecule has 1 aliphatic rings. The molecule has 2 heterocycles. The van der Waals surface area contributed by atoms with Crippen LogP contribution in [-0.2, 0) is 22.3 Å². The largest absolute Gasteiger partial charge is 0.418 e. The average Bonchev–Trinajstić information content (AvgIpc) is 3.33. The summed E-state index contributed by atoms with van der Waals surface area (Å²) < 4.78 is 50.4. The lowest BCUT2D eigenvalue weighted by atomic mass is 9.97. The van der Waals surface area contributed by atoms with Gasteiger partial charge in [0, 0.05) is 36.3 Å². The number of alkyl halides is 3. The summed E-state index contributed by atoms with van der Waals surface area (Å²) in [6, 6.07) is 10.9. The molecule has 14 heteroatoms. The van der Waals surface area contributed by atoms with E-state index in [-0.39, 0.29) is 42.6 Å². The van der Waals surface area contributed by atoms with Gasteiger partial charge in [-0.25, -0.2) is 9.89 Å². The van der Waals surface area contributed by atoms with Crippen LogP contribution in [0.2, 0.25) is 5.02 Å². The van der Waals surface area contributed by atoms with Gasteiger partial charge in [0.25, 0.3) is 5.56 Å². The fourth-order valence-electron chi connectivity index (χ4n) is 3.71. The SMILES string of the molecule is O=C(N[C@@]1(C(=O)NCc2ccc(Nc3ccc(Cl)cc3C(F)(F)F)cc2)CCOC1)Oc1cn[nH]c(=O)c1. The highest BCUT2D eigenvalue weighted by atomic mass is 35.5. The van der Waals surface area contributed by atoms with Gasteiger partial charge in [-0.15, -0.1) is 0 Å². The van der Waals surface area contributed by atoms with Crippen molar-refractivity contribution in [3.63, 3.8) is 0 Å². The van der Waals surface area contributed by atoms with Crippen molar-refractivity contribution in [3.05, 3.63) is 81.2 Å². The summed E-state index contributed by atoms with van der Waals surface area (Å²) in [6.45, 7) is 0.211. The number of amides is 2. The van der Waals surface area contributed by atoms with E-state index in [1.165, 1.54) is 12.1 Å². The Morgan fingerprint density at radius 2 is 1.92 bits per heavy atom. The molecule has 1 aliphatic heterocycles. The average molecular weight is 552 g/mol. The molecule has 0 spiro atoms. The number of hydrogen-bond donors (Lipinski definition) is 4. The lowest BCUT2D eigenvalue weighted by Gasteiger charge is -2.27. The van der Waals surface area contributed by atoms with E-state index in [1.807, 2.05) is 0 Å². The van der Waals surface area contributed by atoms with Gasteiger partial charge in [-0.05, 0) is 35.9 Å². The highest BCUT2D eigenvalue weighted by Crippen LogP contribution is 2.37. The summed E-state index contributed by atoms with van der Waals surface area (Å²) in [4.78, 5) is 36.7. The number of H-pyrrole nitrogens is 1. The van der Waals surface area contributed by atoms with E-state index in [0.29, 0.717) is 11.3 Å². The molecule has 2 aromatic carbocycles. The van der Waals surface area contributed by atoms with E-state index < -0.39 is 34.8 Å². The first-order chi connectivity index (χ1) is 18.0. The lowest BCUT2D eigenvalue weighted by molar-refractivity contribution is -0.137. The summed E-state index contributed by atoms with van der Waals surface area (Å²) in [5.41, 5.74) is -1.96. The molecule has 0 unspecified atom stereocenters. The number of carbonyl (C=O) groups excluding carboxylic acids is 2. The van der Waals surface area contributed by atoms with Crippen molar-refractivity contribution in [1.82, 2.24) is 20.8 Å². The Bertz CT molecular complexity index is 1370. The molecular formula is C24H21ClF3N5O5. The third kappa shape index (κ3) is 6.61. The van der Waals surface area contributed by atoms with Crippen molar-refractivity contribution in [3.8, 4) is 5.75 Å². The van der Waals surface area contributed by atoms with Crippen LogP contribution in [0.25, 0.3) is 0 Å². The minimum atomic E-state index is -4.59. The standard InChI is InChI=1S/C24H21ClF3N5O5/c25-15-3-6-19(18(9-15)24(26,27)28)31-16-4-1-14(2-5-16)11-29-21(35)23(7-8-37-13-23)32-22(36)38-17-10-20(34)33-30-12-17/h1-6,9-10,12,31H,7-8,11,13H2,(H,29,35)(H,32,36)(H,33,34)/t23-/m0/s1. The van der Waals surface area contributed by atoms with E-state index in [9.17, 15) is 27.6 Å². The second kappa shape index (κ2) is 11.1. The van der Waals surface area contributed by atoms with Crippen LogP contribution in [0, 0.1) is 0 Å². The molecule has 2 amide bonds. The third-order valence-corrected chi connectivity index (χ3v) is 5.86. The van der Waals surface area contributed by atoms with Crippen LogP contribution in [0.4, 0.5) is 29.3 Å². The van der Waals surface area contributed by atoms with Gasteiger partial charge in [0.2, 0.25) is 5.91 Å². The van der Waals surface area contributed by atoms with E-state index in [0.717, 1.165) is 18.3 Å². The van der Waals surface area contributed by atoms with Gasteiger partial charge in [0.05, 0.1) is 24.1 Å². The normalized spacial score (nSPS) is 17.1. The van der Waals surface area contributed by atoms with Crippen LogP contribution in [-0.4, -0.2) is 41.0 Å². The Labute approximate surface area is 218 Å². The van der Waals surface area contributed by atoms with Gasteiger partial charge >= 0.3 is 12.3 Å². The summed E-state index contributed by atoms with van der Waals surface area (Å²) in [5, 5.41) is 13.6. The van der Waals surface area contributed by atoms with Crippen molar-refractivity contribution in [2.45, 2.75) is 24.7 Å². The van der Waals surface area contributed by atoms with E-state index in [2.05, 4.69) is 26.1 Å². The zero-order valence-electron chi connectivity index (χ0n) is 19.5. The van der Waals surface area contributed by atoms with E-state index in [1.54, 1.807) is 24.3 Å². The minimum Gasteiger partial charge on any atom is -0.408 e. The van der Waals surface area contributed by atoms with Crippen molar-refractivity contribution in [2.75, 3.05) is 18.5 Å². The molecule has 4 N–H and O–H groups in total. The molecular weight excluding hydrogens is 531 g/mol. The quantitative estimate of drug-likeness (QED) is 0.351. The van der Waals surface area contributed by atoms with Crippen LogP contribution in [0.1, 0.15) is 17.5 Å². The number of anilines is 2. The molecule has 0 saturated carbocycles. The topological polar surface area (TPSA) is 134 Å². The molecule has 0 bridgehead atoms. The zero-order chi connectivity index (χ0) is 27.3. The maximum atomic E-state index is 13.3. The van der Waals surface area contributed by atoms with Gasteiger partial charge in [0.15, 0.2) is 5.75 Å². The number of nitrogens with zero attached hydrogens (tertiary/aromatic N) is 1. The smallest absolute Gasteiger partial charge is 0.408 e. The van der Waals surface area contributed by atoms with Crippen LogP contribution >= 0.6 is 11.6 Å². The molecule has 0 radical (unpaired) electrons. The van der Waals surface area contributed by atoms with Crippen molar-refractivity contribution in [2.24, 2.45) is 0 Å². The van der Waals surface area contributed by atoms with E-state index >= 15 is 0 Å². The molecule has 1 fully saturated rings. The number of nitrogens with one attached hydrogen (secondary N) is 4. The number of hydrogen-bond acceptors (Lipinski definition) is 7. The Balaban J connectivity index is 1.37. The molecule has 3 aromatic rings. The molecule has 1 aromatic heterocycles. The first-order valence-corrected chi connectivity index (χ1v) is 11.6. The molecule has 1 saturated heterocycles. The van der Waals surface area contributed by atoms with Crippen LogP contribution in [0.5, 0.6) is 5.75 Å². The molecule has 4 rings (SSSR count). The highest BCUT2D eigenvalue weighted by molar-refractivity contribution is 6.30. The highest BCUT2D eigenvalue weighted by Gasteiger charge is 2.44. The number of halogens is 4. The summed E-state index contributed by atoms with van der Waals surface area (Å²) in [6.07, 6.45) is -4.23. The fraction of sp³-hybridized carbons (Fsp3) is 0.250. The minimum absolute atomic E-state index is 0.0329. The molecule has 0 aliphatic carbocycles. The lowest BCUT2D eigenvalue weighted by Crippen LogP contribution is -2.59. The van der Waals surface area contributed by atoms with Gasteiger partial charge in [-0.3, -0.25) is 9.59 Å². The molecule has 10 nitrogen and oxygen atoms in total. The first-order valence-electron chi connectivity index (χ1n) is 11.2. The first kappa shape index (κ1) is 26.9.